The molecule has 1 unspecified atom stereocenters. The minimum Gasteiger partial charge on any atom is -0.367 e. The van der Waals surface area contributed by atoms with Crippen LogP contribution in [0, 0.1) is 0 Å². The summed E-state index contributed by atoms with van der Waals surface area (Å²) in [6.07, 6.45) is 4.73. The zero-order chi connectivity index (χ0) is 18.0. The van der Waals surface area contributed by atoms with Crippen molar-refractivity contribution in [2.45, 2.75) is 38.3 Å². The lowest BCUT2D eigenvalue weighted by molar-refractivity contribution is -0.101. The lowest BCUT2D eigenvalue weighted by Gasteiger charge is -2.41. The first kappa shape index (κ1) is 17.0. The third kappa shape index (κ3) is 3.19. The van der Waals surface area contributed by atoms with Crippen LogP contribution in [0.15, 0.2) is 42.6 Å². The number of rotatable bonds is 3. The van der Waals surface area contributed by atoms with Gasteiger partial charge in [-0.3, -0.25) is 4.98 Å². The van der Waals surface area contributed by atoms with E-state index in [0.29, 0.717) is 26.2 Å². The second-order valence-electron chi connectivity index (χ2n) is 7.09. The molecule has 2 heterocycles. The maximum absolute atomic E-state index is 12.7. The van der Waals surface area contributed by atoms with E-state index >= 15 is 0 Å². The molecule has 1 N–H and O–H groups in total. The molecule has 4 rings (SSSR count). The standard InChI is InChI=1S/C21H25N3O2/c1-2-16-8-10-22-18(13-16)14-23-20(25)24-11-12-26-21(15-24)9-7-17-5-3-4-6-19(17)21/h3-6,8,10,13H,2,7,9,11-12,14-15H2,1H3,(H,23,25). The van der Waals surface area contributed by atoms with Gasteiger partial charge in [-0.25, -0.2) is 4.79 Å². The van der Waals surface area contributed by atoms with E-state index < -0.39 is 0 Å². The highest BCUT2D eigenvalue weighted by atomic mass is 16.5. The number of morpholine rings is 1. The van der Waals surface area contributed by atoms with Gasteiger partial charge in [-0.05, 0) is 48.1 Å². The Morgan fingerprint density at radius 2 is 2.23 bits per heavy atom. The summed E-state index contributed by atoms with van der Waals surface area (Å²) in [5, 5.41) is 3.02. The highest BCUT2D eigenvalue weighted by Gasteiger charge is 2.44. The van der Waals surface area contributed by atoms with Gasteiger partial charge in [0.1, 0.15) is 5.60 Å². The van der Waals surface area contributed by atoms with E-state index in [1.807, 2.05) is 17.0 Å². The van der Waals surface area contributed by atoms with E-state index in [1.165, 1.54) is 16.7 Å². The van der Waals surface area contributed by atoms with Crippen LogP contribution < -0.4 is 5.32 Å². The highest BCUT2D eigenvalue weighted by Crippen LogP contribution is 2.42. The van der Waals surface area contributed by atoms with Gasteiger partial charge in [-0.15, -0.1) is 0 Å². The van der Waals surface area contributed by atoms with Gasteiger partial charge in [0.15, 0.2) is 0 Å². The molecular weight excluding hydrogens is 326 g/mol. The van der Waals surface area contributed by atoms with E-state index in [9.17, 15) is 4.79 Å². The minimum atomic E-state index is -0.341. The van der Waals surface area contributed by atoms with Crippen molar-refractivity contribution in [2.24, 2.45) is 0 Å². The molecule has 2 amide bonds. The number of hydrogen-bond acceptors (Lipinski definition) is 3. The molecular formula is C21H25N3O2. The Morgan fingerprint density at radius 1 is 1.35 bits per heavy atom. The van der Waals surface area contributed by atoms with E-state index in [2.05, 4.69) is 41.5 Å². The number of amides is 2. The number of pyridine rings is 1. The van der Waals surface area contributed by atoms with E-state index in [0.717, 1.165) is 25.0 Å². The fraction of sp³-hybridized carbons (Fsp3) is 0.429. The maximum Gasteiger partial charge on any atom is 0.317 e. The summed E-state index contributed by atoms with van der Waals surface area (Å²) in [6.45, 7) is 4.37. The maximum atomic E-state index is 12.7. The molecule has 136 valence electrons. The molecule has 5 heteroatoms. The lowest BCUT2D eigenvalue weighted by Crippen LogP contribution is -2.53. The van der Waals surface area contributed by atoms with Crippen molar-refractivity contribution in [3.63, 3.8) is 0 Å². The number of nitrogens with one attached hydrogen (secondary N) is 1. The monoisotopic (exact) mass is 351 g/mol. The van der Waals surface area contributed by atoms with Gasteiger partial charge in [0.25, 0.3) is 0 Å². The normalized spacial score (nSPS) is 21.7. The Morgan fingerprint density at radius 3 is 3.12 bits per heavy atom. The molecule has 0 bridgehead atoms. The molecule has 2 aliphatic rings. The molecule has 5 nitrogen and oxygen atoms in total. The Bertz CT molecular complexity index is 803. The van der Waals surface area contributed by atoms with Crippen LogP contribution in [0.3, 0.4) is 0 Å². The number of aromatic nitrogens is 1. The Hall–Kier alpha value is -2.40. The zero-order valence-electron chi connectivity index (χ0n) is 15.2. The first-order chi connectivity index (χ1) is 12.7. The Balaban J connectivity index is 1.42. The van der Waals surface area contributed by atoms with Gasteiger partial charge in [-0.2, -0.15) is 0 Å². The first-order valence-electron chi connectivity index (χ1n) is 9.39. The molecule has 0 saturated carbocycles. The van der Waals surface area contributed by atoms with Crippen LogP contribution in [0.4, 0.5) is 4.79 Å². The van der Waals surface area contributed by atoms with Gasteiger partial charge in [0.05, 0.1) is 25.4 Å². The average molecular weight is 351 g/mol. The van der Waals surface area contributed by atoms with E-state index in [4.69, 9.17) is 4.74 Å². The first-order valence-corrected chi connectivity index (χ1v) is 9.39. The second-order valence-corrected chi connectivity index (χ2v) is 7.09. The van der Waals surface area contributed by atoms with Crippen LogP contribution in [0.2, 0.25) is 0 Å². The summed E-state index contributed by atoms with van der Waals surface area (Å²) in [5.74, 6) is 0. The minimum absolute atomic E-state index is 0.0410. The number of aryl methyl sites for hydroxylation is 2. The molecule has 2 aromatic rings. The molecule has 0 radical (unpaired) electrons. The Kier molecular flexibility index (Phi) is 4.64. The van der Waals surface area contributed by atoms with Crippen molar-refractivity contribution >= 4 is 6.03 Å². The SMILES string of the molecule is CCc1ccnc(CNC(=O)N2CCOC3(CCc4ccccc43)C2)c1. The number of benzene rings is 1. The number of hydrogen-bond donors (Lipinski definition) is 1. The lowest BCUT2D eigenvalue weighted by atomic mass is 9.94. The zero-order valence-corrected chi connectivity index (χ0v) is 15.2. The number of fused-ring (bicyclic) bond motifs is 2. The fourth-order valence-electron chi connectivity index (χ4n) is 4.05. The van der Waals surface area contributed by atoms with E-state index in [1.54, 1.807) is 6.20 Å². The van der Waals surface area contributed by atoms with Gasteiger partial charge in [-0.1, -0.05) is 31.2 Å². The summed E-state index contributed by atoms with van der Waals surface area (Å²) >= 11 is 0. The average Bonchev–Trinajstić information content (AvgIpc) is 3.04. The van der Waals surface area contributed by atoms with Gasteiger partial charge in [0.2, 0.25) is 0 Å². The quantitative estimate of drug-likeness (QED) is 0.925. The number of urea groups is 1. The molecule has 26 heavy (non-hydrogen) atoms. The van der Waals surface area contributed by atoms with Crippen molar-refractivity contribution in [1.82, 2.24) is 15.2 Å². The van der Waals surface area contributed by atoms with Crippen molar-refractivity contribution in [3.05, 3.63) is 65.0 Å². The molecule has 1 aromatic heterocycles. The van der Waals surface area contributed by atoms with Crippen LogP contribution in [-0.2, 0) is 29.7 Å². The van der Waals surface area contributed by atoms with Crippen LogP contribution in [-0.4, -0.2) is 35.6 Å². The molecule has 1 saturated heterocycles. The van der Waals surface area contributed by atoms with Crippen LogP contribution in [0.25, 0.3) is 0 Å². The molecule has 1 atom stereocenters. The van der Waals surface area contributed by atoms with E-state index in [-0.39, 0.29) is 11.6 Å². The number of nitrogens with zero attached hydrogens (tertiary/aromatic N) is 2. The van der Waals surface area contributed by atoms with Crippen LogP contribution >= 0.6 is 0 Å². The molecule has 1 fully saturated rings. The third-order valence-electron chi connectivity index (χ3n) is 5.49. The van der Waals surface area contributed by atoms with Crippen molar-refractivity contribution in [3.8, 4) is 0 Å². The smallest absolute Gasteiger partial charge is 0.317 e. The van der Waals surface area contributed by atoms with Gasteiger partial charge < -0.3 is 15.0 Å². The van der Waals surface area contributed by atoms with Crippen molar-refractivity contribution in [1.29, 1.82) is 0 Å². The van der Waals surface area contributed by atoms with Crippen LogP contribution in [0.1, 0.15) is 35.7 Å². The number of carbonyl (C=O) groups is 1. The summed E-state index contributed by atoms with van der Waals surface area (Å²) < 4.78 is 6.19. The number of carbonyl (C=O) groups excluding carboxylic acids is 1. The predicted octanol–water partition coefficient (Wildman–Crippen LogP) is 3.03. The molecule has 1 spiro atoms. The molecule has 1 aromatic carbocycles. The Labute approximate surface area is 154 Å². The van der Waals surface area contributed by atoms with Gasteiger partial charge in [0, 0.05) is 12.7 Å². The summed E-state index contributed by atoms with van der Waals surface area (Å²) in [7, 11) is 0. The fourth-order valence-corrected chi connectivity index (χ4v) is 4.05. The third-order valence-corrected chi connectivity index (χ3v) is 5.49. The summed E-state index contributed by atoms with van der Waals surface area (Å²) in [6, 6.07) is 12.5. The molecule has 1 aliphatic carbocycles. The summed E-state index contributed by atoms with van der Waals surface area (Å²) in [5.41, 5.74) is 4.38. The summed E-state index contributed by atoms with van der Waals surface area (Å²) in [4.78, 5) is 18.9. The highest BCUT2D eigenvalue weighted by molar-refractivity contribution is 5.74. The largest absolute Gasteiger partial charge is 0.367 e. The molecule has 1 aliphatic heterocycles. The van der Waals surface area contributed by atoms with Crippen LogP contribution in [0.5, 0.6) is 0 Å². The van der Waals surface area contributed by atoms with Crippen molar-refractivity contribution in [2.75, 3.05) is 19.7 Å². The van der Waals surface area contributed by atoms with Crippen molar-refractivity contribution < 1.29 is 9.53 Å². The second kappa shape index (κ2) is 7.08. The number of ether oxygens (including phenoxy) is 1. The topological polar surface area (TPSA) is 54.5 Å². The predicted molar refractivity (Wildman–Crippen MR) is 99.8 cm³/mol. The van der Waals surface area contributed by atoms with Gasteiger partial charge >= 0.3 is 6.03 Å².